The Labute approximate surface area is 240 Å². The van der Waals surface area contributed by atoms with E-state index in [1.807, 2.05) is 55.4 Å². The molecule has 0 saturated heterocycles. The average Bonchev–Trinajstić information content (AvgIpc) is 2.73. The molecule has 0 unspecified atom stereocenters. The molecule has 0 spiro atoms. The van der Waals surface area contributed by atoms with Crippen LogP contribution in [0.25, 0.3) is 0 Å². The number of ether oxygens (including phenoxy) is 3. The fourth-order valence-electron chi connectivity index (χ4n) is 4.07. The second-order valence-corrected chi connectivity index (χ2v) is 14.7. The van der Waals surface area contributed by atoms with Crippen LogP contribution in [0.1, 0.15) is 147 Å². The number of carbonyl (C=O) groups excluding carboxylic acids is 2. The summed E-state index contributed by atoms with van der Waals surface area (Å²) in [5.41, 5.74) is 2.28. The van der Waals surface area contributed by atoms with Crippen LogP contribution in [0, 0.1) is 10.8 Å². The minimum absolute atomic E-state index is 0.192. The lowest BCUT2D eigenvalue weighted by Crippen LogP contribution is -2.48. The highest BCUT2D eigenvalue weighted by Crippen LogP contribution is 2.40. The van der Waals surface area contributed by atoms with Crippen LogP contribution in [0.4, 0.5) is 0 Å². The summed E-state index contributed by atoms with van der Waals surface area (Å²) in [4.78, 5) is 25.7. The van der Waals surface area contributed by atoms with E-state index < -0.39 is 27.9 Å². The van der Waals surface area contributed by atoms with Gasteiger partial charge in [0.15, 0.2) is 0 Å². The van der Waals surface area contributed by atoms with Crippen molar-refractivity contribution in [3.8, 4) is 0 Å². The molecule has 0 saturated carbocycles. The van der Waals surface area contributed by atoms with Gasteiger partial charge in [0.2, 0.25) is 0 Å². The minimum atomic E-state index is -0.668. The van der Waals surface area contributed by atoms with Gasteiger partial charge in [0.25, 0.3) is 0 Å². The number of unbranched alkanes of at least 4 members (excludes halogenated alkanes) is 4. The molecule has 39 heavy (non-hydrogen) atoms. The SMILES string of the molecule is CC(C)(O)CCCCCC(=O)OC(C)(C)C(C)(C)CCOC(C)(C)C(C)(C)C(=O)CCCCCOC(C)(C)N. The molecule has 0 aromatic heterocycles. The number of carbonyl (C=O) groups is 2. The van der Waals surface area contributed by atoms with E-state index in [1.165, 1.54) is 0 Å². The van der Waals surface area contributed by atoms with Gasteiger partial charge in [0, 0.05) is 31.5 Å². The van der Waals surface area contributed by atoms with Gasteiger partial charge in [0.05, 0.1) is 16.6 Å². The summed E-state index contributed by atoms with van der Waals surface area (Å²) >= 11 is 0. The summed E-state index contributed by atoms with van der Waals surface area (Å²) in [6.07, 6.45) is 7.45. The summed E-state index contributed by atoms with van der Waals surface area (Å²) in [5, 5.41) is 9.82. The second kappa shape index (κ2) is 15.3. The van der Waals surface area contributed by atoms with Gasteiger partial charge < -0.3 is 25.1 Å². The van der Waals surface area contributed by atoms with Gasteiger partial charge in [0.1, 0.15) is 17.1 Å². The van der Waals surface area contributed by atoms with E-state index in [2.05, 4.69) is 13.8 Å². The third-order valence-electron chi connectivity index (χ3n) is 8.58. The van der Waals surface area contributed by atoms with Gasteiger partial charge in [-0.15, -0.1) is 0 Å². The molecule has 0 fully saturated rings. The average molecular weight is 558 g/mol. The van der Waals surface area contributed by atoms with E-state index in [1.54, 1.807) is 13.8 Å². The van der Waals surface area contributed by atoms with Crippen molar-refractivity contribution in [3.05, 3.63) is 0 Å². The van der Waals surface area contributed by atoms with Gasteiger partial charge >= 0.3 is 5.97 Å². The maximum Gasteiger partial charge on any atom is 0.306 e. The highest BCUT2D eigenvalue weighted by molar-refractivity contribution is 5.85. The van der Waals surface area contributed by atoms with E-state index in [0.29, 0.717) is 32.5 Å². The van der Waals surface area contributed by atoms with Gasteiger partial charge in [-0.25, -0.2) is 0 Å². The van der Waals surface area contributed by atoms with Crippen LogP contribution in [0.2, 0.25) is 0 Å². The first-order valence-electron chi connectivity index (χ1n) is 15.0. The van der Waals surface area contributed by atoms with Crippen molar-refractivity contribution >= 4 is 11.8 Å². The Morgan fingerprint density at radius 3 is 1.72 bits per heavy atom. The molecule has 0 radical (unpaired) electrons. The zero-order valence-corrected chi connectivity index (χ0v) is 27.6. The Balaban J connectivity index is 4.67. The molecular formula is C32H63NO6. The third-order valence-corrected chi connectivity index (χ3v) is 8.58. The number of hydrogen-bond donors (Lipinski definition) is 2. The molecule has 0 atom stereocenters. The Hall–Kier alpha value is -1.02. The normalized spacial score (nSPS) is 14.0. The van der Waals surface area contributed by atoms with Crippen molar-refractivity contribution < 1.29 is 28.9 Å². The molecule has 0 rings (SSSR count). The standard InChI is InChI=1S/C32H63NO6/c1-27(2,30(7,8)39-26(35)20-16-13-17-21-28(3,4)36)22-24-37-31(9,10)29(5,6)25(34)19-15-14-18-23-38-32(11,12)33/h36H,13-24,33H2,1-12H3. The number of ketones is 1. The number of nitrogens with two attached hydrogens (primary N) is 1. The summed E-state index contributed by atoms with van der Waals surface area (Å²) in [7, 11) is 0. The number of rotatable bonds is 21. The van der Waals surface area contributed by atoms with Gasteiger partial charge in [-0.2, -0.15) is 0 Å². The van der Waals surface area contributed by atoms with E-state index in [4.69, 9.17) is 19.9 Å². The van der Waals surface area contributed by atoms with E-state index in [-0.39, 0.29) is 17.2 Å². The monoisotopic (exact) mass is 557 g/mol. The topological polar surface area (TPSA) is 108 Å². The number of aliphatic hydroxyl groups is 1. The van der Waals surface area contributed by atoms with Crippen LogP contribution < -0.4 is 5.73 Å². The lowest BCUT2D eigenvalue weighted by atomic mass is 9.72. The molecule has 0 aromatic carbocycles. The smallest absolute Gasteiger partial charge is 0.306 e. The Morgan fingerprint density at radius 1 is 0.641 bits per heavy atom. The molecule has 232 valence electrons. The molecule has 0 aliphatic rings. The van der Waals surface area contributed by atoms with Crippen molar-refractivity contribution in [3.63, 3.8) is 0 Å². The molecule has 0 aromatic rings. The summed E-state index contributed by atoms with van der Waals surface area (Å²) in [5.74, 6) is 0.00580. The minimum Gasteiger partial charge on any atom is -0.459 e. The predicted octanol–water partition coefficient (Wildman–Crippen LogP) is 7.11. The largest absolute Gasteiger partial charge is 0.459 e. The van der Waals surface area contributed by atoms with Crippen molar-refractivity contribution in [2.24, 2.45) is 16.6 Å². The Kier molecular flexibility index (Phi) is 14.9. The van der Waals surface area contributed by atoms with Crippen LogP contribution in [-0.4, -0.2) is 52.6 Å². The third kappa shape index (κ3) is 15.0. The first kappa shape index (κ1) is 38.0. The molecule has 7 nitrogen and oxygen atoms in total. The van der Waals surface area contributed by atoms with E-state index in [9.17, 15) is 14.7 Å². The molecule has 7 heteroatoms. The maximum atomic E-state index is 13.1. The highest BCUT2D eigenvalue weighted by atomic mass is 16.6. The fourth-order valence-corrected chi connectivity index (χ4v) is 4.07. The lowest BCUT2D eigenvalue weighted by molar-refractivity contribution is -0.174. The lowest BCUT2D eigenvalue weighted by Gasteiger charge is -2.43. The van der Waals surface area contributed by atoms with Crippen molar-refractivity contribution in [1.29, 1.82) is 0 Å². The number of esters is 1. The van der Waals surface area contributed by atoms with Gasteiger partial charge in [-0.1, -0.05) is 47.0 Å². The zero-order chi connectivity index (χ0) is 30.8. The molecule has 0 bridgehead atoms. The first-order valence-corrected chi connectivity index (χ1v) is 15.0. The van der Waals surface area contributed by atoms with Crippen LogP contribution in [0.5, 0.6) is 0 Å². The van der Waals surface area contributed by atoms with Crippen molar-refractivity contribution in [2.75, 3.05) is 13.2 Å². The maximum absolute atomic E-state index is 13.1. The molecule has 3 N–H and O–H groups in total. The Bertz CT molecular complexity index is 741. The van der Waals surface area contributed by atoms with Crippen molar-refractivity contribution in [1.82, 2.24) is 0 Å². The molecule has 0 aliphatic heterocycles. The highest BCUT2D eigenvalue weighted by Gasteiger charge is 2.45. The number of Topliss-reactive ketones (excluding diaryl/α,β-unsaturated/α-hetero) is 1. The summed E-state index contributed by atoms with van der Waals surface area (Å²) < 4.78 is 17.8. The molecule has 0 amide bonds. The fraction of sp³-hybridized carbons (Fsp3) is 0.938. The Morgan fingerprint density at radius 2 is 1.18 bits per heavy atom. The van der Waals surface area contributed by atoms with Crippen molar-refractivity contribution in [2.45, 2.75) is 170 Å². The van der Waals surface area contributed by atoms with Crippen LogP contribution in [0.3, 0.4) is 0 Å². The first-order chi connectivity index (χ1) is 17.4. The van der Waals surface area contributed by atoms with Crippen LogP contribution in [-0.2, 0) is 23.8 Å². The molecular weight excluding hydrogens is 494 g/mol. The zero-order valence-electron chi connectivity index (χ0n) is 27.6. The van der Waals surface area contributed by atoms with E-state index >= 15 is 0 Å². The predicted molar refractivity (Wildman–Crippen MR) is 159 cm³/mol. The van der Waals surface area contributed by atoms with E-state index in [0.717, 1.165) is 44.9 Å². The quantitative estimate of drug-likeness (QED) is 0.0879. The number of hydrogen-bond acceptors (Lipinski definition) is 7. The molecule has 0 aliphatic carbocycles. The summed E-state index contributed by atoms with van der Waals surface area (Å²) in [6.45, 7) is 24.3. The summed E-state index contributed by atoms with van der Waals surface area (Å²) in [6, 6.07) is 0. The van der Waals surface area contributed by atoms with Gasteiger partial charge in [-0.3, -0.25) is 9.59 Å². The van der Waals surface area contributed by atoms with Crippen LogP contribution in [0.15, 0.2) is 0 Å². The molecule has 0 heterocycles. The van der Waals surface area contributed by atoms with Crippen LogP contribution >= 0.6 is 0 Å². The second-order valence-electron chi connectivity index (χ2n) is 14.7. The van der Waals surface area contributed by atoms with Gasteiger partial charge in [-0.05, 0) is 87.5 Å².